The second-order valence-corrected chi connectivity index (χ2v) is 10.2. The molecular formula is C28H26ClFN2O5. The normalized spacial score (nSPS) is 20.1. The number of halogens is 2. The number of hydrogen-bond donors (Lipinski definition) is 0. The van der Waals surface area contributed by atoms with E-state index in [-0.39, 0.29) is 47.9 Å². The molecule has 1 aliphatic carbocycles. The van der Waals surface area contributed by atoms with Crippen molar-refractivity contribution in [2.24, 2.45) is 5.92 Å². The summed E-state index contributed by atoms with van der Waals surface area (Å²) >= 11 is 5.86. The van der Waals surface area contributed by atoms with Gasteiger partial charge in [0.1, 0.15) is 12.4 Å². The third-order valence-corrected chi connectivity index (χ3v) is 7.72. The lowest BCUT2D eigenvalue weighted by atomic mass is 10.00. The van der Waals surface area contributed by atoms with Gasteiger partial charge >= 0.3 is 5.97 Å². The summed E-state index contributed by atoms with van der Waals surface area (Å²) in [5.74, 6) is -1.22. The fourth-order valence-corrected chi connectivity index (χ4v) is 5.64. The van der Waals surface area contributed by atoms with Gasteiger partial charge in [0.15, 0.2) is 11.6 Å². The molecule has 5 rings (SSSR count). The number of Topliss-reactive ketones (excluding diaryl/α,β-unsaturated/α-hetero) is 2. The minimum atomic E-state index is -0.543. The minimum absolute atomic E-state index is 0.0199. The van der Waals surface area contributed by atoms with Crippen LogP contribution in [-0.2, 0) is 27.3 Å². The second kappa shape index (κ2) is 9.74. The quantitative estimate of drug-likeness (QED) is 0.317. The number of benzene rings is 2. The Labute approximate surface area is 218 Å². The molecule has 2 fully saturated rings. The molecule has 0 N–H and O–H groups in total. The first-order chi connectivity index (χ1) is 17.7. The summed E-state index contributed by atoms with van der Waals surface area (Å²) in [6.07, 6.45) is 3.42. The number of carbonyl (C=O) groups is 4. The Kier molecular flexibility index (Phi) is 6.62. The molecule has 1 saturated heterocycles. The summed E-state index contributed by atoms with van der Waals surface area (Å²) in [7, 11) is 1.28. The van der Waals surface area contributed by atoms with Crippen LogP contribution >= 0.6 is 11.6 Å². The molecule has 0 spiro atoms. The number of ether oxygens (including phenoxy) is 1. The lowest BCUT2D eigenvalue weighted by Gasteiger charge is -2.27. The molecule has 2 aliphatic rings. The van der Waals surface area contributed by atoms with Gasteiger partial charge in [0, 0.05) is 35.1 Å². The predicted octanol–water partition coefficient (Wildman–Crippen LogP) is 4.61. The molecule has 2 aromatic carbocycles. The summed E-state index contributed by atoms with van der Waals surface area (Å²) in [6, 6.07) is 9.08. The van der Waals surface area contributed by atoms with Crippen LogP contribution in [0.2, 0.25) is 5.02 Å². The van der Waals surface area contributed by atoms with Crippen LogP contribution in [-0.4, -0.2) is 52.1 Å². The molecule has 0 radical (unpaired) electrons. The summed E-state index contributed by atoms with van der Waals surface area (Å²) < 4.78 is 20.7. The zero-order valence-electron chi connectivity index (χ0n) is 20.5. The molecule has 1 aromatic heterocycles. The molecule has 0 unspecified atom stereocenters. The summed E-state index contributed by atoms with van der Waals surface area (Å²) in [5, 5.41) is 0.580. The number of aromatic nitrogens is 1. The fourth-order valence-electron chi connectivity index (χ4n) is 5.45. The largest absolute Gasteiger partial charge is 0.465 e. The van der Waals surface area contributed by atoms with Gasteiger partial charge in [-0.15, -0.1) is 0 Å². The van der Waals surface area contributed by atoms with Gasteiger partial charge in [-0.05, 0) is 61.9 Å². The first-order valence-electron chi connectivity index (χ1n) is 12.2. The fraction of sp³-hybridized carbons (Fsp3) is 0.357. The van der Waals surface area contributed by atoms with Gasteiger partial charge in [-0.2, -0.15) is 0 Å². The van der Waals surface area contributed by atoms with Gasteiger partial charge in [0.2, 0.25) is 5.91 Å². The highest BCUT2D eigenvalue weighted by Gasteiger charge is 2.55. The van der Waals surface area contributed by atoms with Crippen molar-refractivity contribution in [3.63, 3.8) is 0 Å². The van der Waals surface area contributed by atoms with E-state index in [4.69, 9.17) is 16.3 Å². The number of ketones is 2. The van der Waals surface area contributed by atoms with Crippen molar-refractivity contribution >= 4 is 45.9 Å². The zero-order valence-corrected chi connectivity index (χ0v) is 21.3. The average molecular weight is 525 g/mol. The summed E-state index contributed by atoms with van der Waals surface area (Å²) in [4.78, 5) is 52.6. The molecule has 37 heavy (non-hydrogen) atoms. The van der Waals surface area contributed by atoms with E-state index in [0.717, 1.165) is 6.42 Å². The van der Waals surface area contributed by atoms with Gasteiger partial charge < -0.3 is 14.2 Å². The Bertz CT molecular complexity index is 1450. The van der Waals surface area contributed by atoms with Crippen molar-refractivity contribution < 1.29 is 28.3 Å². The van der Waals surface area contributed by atoms with E-state index in [9.17, 15) is 23.6 Å². The third-order valence-electron chi connectivity index (χ3n) is 7.42. The lowest BCUT2D eigenvalue weighted by Crippen LogP contribution is -2.44. The van der Waals surface area contributed by atoms with Crippen LogP contribution in [0.3, 0.4) is 0 Å². The molecule has 1 saturated carbocycles. The van der Waals surface area contributed by atoms with Crippen LogP contribution in [0.15, 0.2) is 42.6 Å². The maximum atomic E-state index is 14.3. The molecule has 192 valence electrons. The minimum Gasteiger partial charge on any atom is -0.465 e. The molecular weight excluding hydrogens is 499 g/mol. The molecule has 9 heteroatoms. The van der Waals surface area contributed by atoms with Crippen LogP contribution < -0.4 is 0 Å². The van der Waals surface area contributed by atoms with Gasteiger partial charge in [0.25, 0.3) is 0 Å². The van der Waals surface area contributed by atoms with Gasteiger partial charge in [-0.25, -0.2) is 9.18 Å². The second-order valence-electron chi connectivity index (χ2n) is 9.75. The first kappa shape index (κ1) is 25.1. The SMILES string of the molecule is COC(=O)c1ccc2c(c1)c(C(C)=O)cn2CC(=O)N1[C@@H]2C[C@@H]2C[C@H]1C(=O)CCc1cccc(Cl)c1F. The summed E-state index contributed by atoms with van der Waals surface area (Å²) in [6.45, 7) is 1.38. The van der Waals surface area contributed by atoms with E-state index in [2.05, 4.69) is 0 Å². The maximum absolute atomic E-state index is 14.3. The number of methoxy groups -OCH3 is 1. The number of likely N-dealkylation sites (tertiary alicyclic amines) is 1. The van der Waals surface area contributed by atoms with Crippen molar-refractivity contribution in [3.8, 4) is 0 Å². The van der Waals surface area contributed by atoms with E-state index < -0.39 is 17.8 Å². The van der Waals surface area contributed by atoms with Crippen LogP contribution in [0.5, 0.6) is 0 Å². The predicted molar refractivity (Wildman–Crippen MR) is 135 cm³/mol. The number of hydrogen-bond acceptors (Lipinski definition) is 5. The molecule has 7 nitrogen and oxygen atoms in total. The van der Waals surface area contributed by atoms with E-state index >= 15 is 0 Å². The average Bonchev–Trinajstić information content (AvgIpc) is 3.39. The highest BCUT2D eigenvalue weighted by molar-refractivity contribution is 6.30. The van der Waals surface area contributed by atoms with Gasteiger partial charge in [-0.1, -0.05) is 23.7 Å². The van der Waals surface area contributed by atoms with Crippen molar-refractivity contribution in [2.75, 3.05) is 7.11 Å². The van der Waals surface area contributed by atoms with Crippen molar-refractivity contribution in [2.45, 2.75) is 51.2 Å². The molecule has 1 amide bonds. The third kappa shape index (κ3) is 4.66. The van der Waals surface area contributed by atoms with Gasteiger partial charge in [-0.3, -0.25) is 14.4 Å². The number of esters is 1. The Morgan fingerprint density at radius 1 is 1.14 bits per heavy atom. The van der Waals surface area contributed by atoms with Crippen LogP contribution in [0.4, 0.5) is 4.39 Å². The van der Waals surface area contributed by atoms with E-state index in [1.54, 1.807) is 46.0 Å². The molecule has 0 bridgehead atoms. The first-order valence-corrected chi connectivity index (χ1v) is 12.6. The topological polar surface area (TPSA) is 85.7 Å². The Balaban J connectivity index is 1.35. The number of nitrogens with zero attached hydrogens (tertiary/aromatic N) is 2. The number of piperidine rings is 1. The lowest BCUT2D eigenvalue weighted by molar-refractivity contribution is -0.139. The molecule has 3 atom stereocenters. The van der Waals surface area contributed by atoms with E-state index in [1.165, 1.54) is 20.1 Å². The molecule has 3 aromatic rings. The zero-order chi connectivity index (χ0) is 26.4. The smallest absolute Gasteiger partial charge is 0.337 e. The highest BCUT2D eigenvalue weighted by Crippen LogP contribution is 2.48. The van der Waals surface area contributed by atoms with Crippen molar-refractivity contribution in [1.29, 1.82) is 0 Å². The van der Waals surface area contributed by atoms with Gasteiger partial charge in [0.05, 0.1) is 23.7 Å². The maximum Gasteiger partial charge on any atom is 0.337 e. The Hall–Kier alpha value is -3.52. The van der Waals surface area contributed by atoms with E-state index in [1.807, 2.05) is 0 Å². The number of amides is 1. The van der Waals surface area contributed by atoms with E-state index in [0.29, 0.717) is 39.9 Å². The van der Waals surface area contributed by atoms with Crippen molar-refractivity contribution in [3.05, 3.63) is 70.1 Å². The Morgan fingerprint density at radius 2 is 1.92 bits per heavy atom. The highest BCUT2D eigenvalue weighted by atomic mass is 35.5. The summed E-state index contributed by atoms with van der Waals surface area (Å²) in [5.41, 5.74) is 1.72. The van der Waals surface area contributed by atoms with Crippen LogP contribution in [0, 0.1) is 11.7 Å². The number of carbonyl (C=O) groups excluding carboxylic acids is 4. The molecule has 2 heterocycles. The Morgan fingerprint density at radius 3 is 2.65 bits per heavy atom. The van der Waals surface area contributed by atoms with Crippen molar-refractivity contribution in [1.82, 2.24) is 9.47 Å². The monoisotopic (exact) mass is 524 g/mol. The standard InChI is InChI=1S/C28H26ClFN2O5/c1-15(33)20-13-31(22-8-6-17(10-19(20)22)28(36)37-2)14-26(35)32-23-11-18(23)12-24(32)25(34)9-7-16-4-3-5-21(29)27(16)30/h3-6,8,10,13,18,23-24H,7,9,11-12,14H2,1-2H3/t18-,23-,24+/m1/s1. The number of fused-ring (bicyclic) bond motifs is 2. The number of rotatable bonds is 8. The van der Waals surface area contributed by atoms with Crippen LogP contribution in [0.25, 0.3) is 10.9 Å². The molecule has 1 aliphatic heterocycles. The number of aryl methyl sites for hydroxylation is 1. The van der Waals surface area contributed by atoms with Crippen LogP contribution in [0.1, 0.15) is 52.5 Å².